The normalized spacial score (nSPS) is 10.3. The molecule has 3 nitrogen and oxygen atoms in total. The lowest BCUT2D eigenvalue weighted by atomic mass is 10.1. The summed E-state index contributed by atoms with van der Waals surface area (Å²) in [5.41, 5.74) is -1.80. The maximum absolute atomic E-state index is 12.4. The van der Waals surface area contributed by atoms with Crippen LogP contribution in [0.5, 0.6) is 0 Å². The highest BCUT2D eigenvalue weighted by molar-refractivity contribution is 5.54. The Bertz CT molecular complexity index is 467. The maximum Gasteiger partial charge on any atom is 0.417 e. The summed E-state index contributed by atoms with van der Waals surface area (Å²) in [5, 5.41) is 8.44. The van der Waals surface area contributed by atoms with Crippen LogP contribution in [0.2, 0.25) is 0 Å². The fourth-order valence-electron chi connectivity index (χ4n) is 0.987. The smallest absolute Gasteiger partial charge is 0.211 e. The Balaban J connectivity index is 3.40. The van der Waals surface area contributed by atoms with E-state index in [1.807, 2.05) is 0 Å². The molecule has 6 heteroatoms. The largest absolute Gasteiger partial charge is 0.417 e. The Morgan fingerprint density at radius 1 is 1.33 bits per heavy atom. The lowest BCUT2D eigenvalue weighted by Gasteiger charge is -2.08. The van der Waals surface area contributed by atoms with E-state index in [0.717, 1.165) is 18.2 Å². The molecule has 0 unspecified atom stereocenters. The fraction of sp³-hybridized carbons (Fsp3) is 0.111. The van der Waals surface area contributed by atoms with Crippen molar-refractivity contribution in [2.24, 2.45) is 4.99 Å². The standard InChI is InChI=1S/C9H3F3N2O/c10-9(11,12)8-3-7(14-5-15)2-1-6(8)4-13/h1-3H. The minimum absolute atomic E-state index is 0.184. The zero-order chi connectivity index (χ0) is 11.5. The van der Waals surface area contributed by atoms with Gasteiger partial charge in [-0.1, -0.05) is 0 Å². The van der Waals surface area contributed by atoms with Crippen LogP contribution >= 0.6 is 0 Å². The van der Waals surface area contributed by atoms with E-state index in [4.69, 9.17) is 5.26 Å². The number of nitriles is 1. The monoisotopic (exact) mass is 212 g/mol. The zero-order valence-corrected chi connectivity index (χ0v) is 7.17. The van der Waals surface area contributed by atoms with E-state index in [1.54, 1.807) is 0 Å². The van der Waals surface area contributed by atoms with E-state index in [1.165, 1.54) is 6.07 Å². The number of nitrogens with zero attached hydrogens (tertiary/aromatic N) is 2. The first kappa shape index (κ1) is 11.0. The molecular weight excluding hydrogens is 209 g/mol. The van der Waals surface area contributed by atoms with E-state index in [2.05, 4.69) is 4.99 Å². The van der Waals surface area contributed by atoms with E-state index >= 15 is 0 Å². The number of hydrogen-bond acceptors (Lipinski definition) is 3. The van der Waals surface area contributed by atoms with Crippen molar-refractivity contribution in [3.05, 3.63) is 29.3 Å². The number of hydrogen-bond donors (Lipinski definition) is 0. The molecule has 0 saturated heterocycles. The van der Waals surface area contributed by atoms with Gasteiger partial charge in [0, 0.05) is 0 Å². The molecule has 0 fully saturated rings. The van der Waals surface area contributed by atoms with E-state index in [0.29, 0.717) is 6.07 Å². The Morgan fingerprint density at radius 2 is 2.00 bits per heavy atom. The molecule has 0 saturated carbocycles. The first-order chi connectivity index (χ1) is 6.99. The fourth-order valence-corrected chi connectivity index (χ4v) is 0.987. The number of rotatable bonds is 1. The van der Waals surface area contributed by atoms with Gasteiger partial charge in [0.25, 0.3) is 0 Å². The Kier molecular flexibility index (Phi) is 2.88. The summed E-state index contributed by atoms with van der Waals surface area (Å²) in [7, 11) is 0. The van der Waals surface area contributed by atoms with Crippen LogP contribution in [0.25, 0.3) is 0 Å². The Labute approximate surface area is 82.5 Å². The lowest BCUT2D eigenvalue weighted by Crippen LogP contribution is -2.07. The summed E-state index contributed by atoms with van der Waals surface area (Å²) < 4.78 is 37.1. The van der Waals surface area contributed by atoms with Crippen LogP contribution in [0.15, 0.2) is 23.2 Å². The van der Waals surface area contributed by atoms with Crippen molar-refractivity contribution in [2.75, 3.05) is 0 Å². The second-order valence-corrected chi connectivity index (χ2v) is 2.54. The van der Waals surface area contributed by atoms with Crippen LogP contribution in [-0.2, 0) is 11.0 Å². The van der Waals surface area contributed by atoms with E-state index in [9.17, 15) is 18.0 Å². The number of isocyanates is 1. The number of carbonyl (C=O) groups excluding carboxylic acids is 1. The maximum atomic E-state index is 12.4. The molecule has 0 aliphatic heterocycles. The third-order valence-corrected chi connectivity index (χ3v) is 1.60. The van der Waals surface area contributed by atoms with Crippen molar-refractivity contribution in [2.45, 2.75) is 6.18 Å². The highest BCUT2D eigenvalue weighted by Gasteiger charge is 2.33. The van der Waals surface area contributed by atoms with Gasteiger partial charge in [0.1, 0.15) is 0 Å². The number of alkyl halides is 3. The van der Waals surface area contributed by atoms with Gasteiger partial charge in [-0.15, -0.1) is 0 Å². The Morgan fingerprint density at radius 3 is 2.47 bits per heavy atom. The van der Waals surface area contributed by atoms with Crippen molar-refractivity contribution in [1.29, 1.82) is 5.26 Å². The first-order valence-electron chi connectivity index (χ1n) is 3.68. The molecule has 1 aromatic carbocycles. The summed E-state index contributed by atoms with van der Waals surface area (Å²) in [6, 6.07) is 4.13. The molecule has 0 heterocycles. The van der Waals surface area contributed by atoms with Crippen LogP contribution in [-0.4, -0.2) is 6.08 Å². The van der Waals surface area contributed by atoms with Crippen molar-refractivity contribution in [1.82, 2.24) is 0 Å². The van der Waals surface area contributed by atoms with Gasteiger partial charge < -0.3 is 0 Å². The van der Waals surface area contributed by atoms with Gasteiger partial charge in [0.15, 0.2) is 0 Å². The quantitative estimate of drug-likeness (QED) is 0.530. The summed E-state index contributed by atoms with van der Waals surface area (Å²) in [4.78, 5) is 12.9. The summed E-state index contributed by atoms with van der Waals surface area (Å²) >= 11 is 0. The Hall–Kier alpha value is -2.12. The molecule has 0 atom stereocenters. The molecule has 0 amide bonds. The third kappa shape index (κ3) is 2.42. The predicted octanol–water partition coefficient (Wildman–Crippen LogP) is 2.54. The zero-order valence-electron chi connectivity index (χ0n) is 7.17. The van der Waals surface area contributed by atoms with Crippen LogP contribution < -0.4 is 0 Å². The topological polar surface area (TPSA) is 53.2 Å². The van der Waals surface area contributed by atoms with Crippen molar-refractivity contribution in [3.63, 3.8) is 0 Å². The minimum Gasteiger partial charge on any atom is -0.211 e. The molecular formula is C9H3F3N2O. The highest BCUT2D eigenvalue weighted by Crippen LogP contribution is 2.33. The van der Waals surface area contributed by atoms with Crippen molar-refractivity contribution in [3.8, 4) is 6.07 Å². The SMILES string of the molecule is N#Cc1ccc(N=C=O)cc1C(F)(F)F. The van der Waals surface area contributed by atoms with Gasteiger partial charge in [0.05, 0.1) is 22.9 Å². The number of halogens is 3. The lowest BCUT2D eigenvalue weighted by molar-refractivity contribution is -0.137. The molecule has 0 aliphatic rings. The average Bonchev–Trinajstić information content (AvgIpc) is 2.17. The van der Waals surface area contributed by atoms with Crippen molar-refractivity contribution < 1.29 is 18.0 Å². The summed E-state index contributed by atoms with van der Waals surface area (Å²) in [6.07, 6.45) is -3.51. The van der Waals surface area contributed by atoms with Gasteiger partial charge in [-0.05, 0) is 18.2 Å². The van der Waals surface area contributed by atoms with Crippen LogP contribution in [0, 0.1) is 11.3 Å². The van der Waals surface area contributed by atoms with E-state index in [-0.39, 0.29) is 5.69 Å². The number of aliphatic imine (C=N–C) groups is 1. The van der Waals surface area contributed by atoms with Crippen LogP contribution in [0.3, 0.4) is 0 Å². The summed E-state index contributed by atoms with van der Waals surface area (Å²) in [5.74, 6) is 0. The number of benzene rings is 1. The summed E-state index contributed by atoms with van der Waals surface area (Å²) in [6.45, 7) is 0. The molecule has 1 aromatic rings. The van der Waals surface area contributed by atoms with E-state index < -0.39 is 17.3 Å². The van der Waals surface area contributed by atoms with Crippen LogP contribution in [0.1, 0.15) is 11.1 Å². The third-order valence-electron chi connectivity index (χ3n) is 1.60. The molecule has 0 bridgehead atoms. The van der Waals surface area contributed by atoms with Gasteiger partial charge in [0.2, 0.25) is 6.08 Å². The minimum atomic E-state index is -4.64. The van der Waals surface area contributed by atoms with Gasteiger partial charge in [-0.25, -0.2) is 4.79 Å². The van der Waals surface area contributed by atoms with Crippen LogP contribution in [0.4, 0.5) is 18.9 Å². The second-order valence-electron chi connectivity index (χ2n) is 2.54. The molecule has 0 aromatic heterocycles. The molecule has 0 radical (unpaired) electrons. The van der Waals surface area contributed by atoms with Crippen molar-refractivity contribution >= 4 is 11.8 Å². The highest BCUT2D eigenvalue weighted by atomic mass is 19.4. The molecule has 1 rings (SSSR count). The predicted molar refractivity (Wildman–Crippen MR) is 43.9 cm³/mol. The van der Waals surface area contributed by atoms with Gasteiger partial charge in [-0.2, -0.15) is 23.4 Å². The second kappa shape index (κ2) is 3.95. The first-order valence-corrected chi connectivity index (χ1v) is 3.68. The molecule has 0 aliphatic carbocycles. The van der Waals surface area contributed by atoms with Gasteiger partial charge in [-0.3, -0.25) is 0 Å². The molecule has 15 heavy (non-hydrogen) atoms. The molecule has 76 valence electrons. The average molecular weight is 212 g/mol. The van der Waals surface area contributed by atoms with Gasteiger partial charge >= 0.3 is 6.18 Å². The molecule has 0 spiro atoms. The molecule has 0 N–H and O–H groups in total.